The molecule has 0 unspecified atom stereocenters. The van der Waals surface area contributed by atoms with Crippen LogP contribution in [-0.2, 0) is 11.2 Å². The van der Waals surface area contributed by atoms with E-state index in [2.05, 4.69) is 0 Å². The van der Waals surface area contributed by atoms with Gasteiger partial charge in [-0.3, -0.25) is 0 Å². The molecule has 0 saturated carbocycles. The molecule has 3 rings (SSSR count). The lowest BCUT2D eigenvalue weighted by Gasteiger charge is -2.20. The van der Waals surface area contributed by atoms with Crippen molar-refractivity contribution in [3.05, 3.63) is 41.0 Å². The molecule has 138 valence electrons. The molecule has 0 bridgehead atoms. The lowest BCUT2D eigenvalue weighted by Crippen LogP contribution is -2.12. The Kier molecular flexibility index (Phi) is 5.04. The summed E-state index contributed by atoms with van der Waals surface area (Å²) in [4.78, 5) is 11.9. The van der Waals surface area contributed by atoms with Crippen LogP contribution in [0.15, 0.2) is 24.3 Å². The number of nitrogens with two attached hydrogens (primary N) is 1. The largest absolute Gasteiger partial charge is 0.493 e. The van der Waals surface area contributed by atoms with Crippen LogP contribution in [0.1, 0.15) is 33.9 Å². The summed E-state index contributed by atoms with van der Waals surface area (Å²) in [6.07, 6.45) is 1.50. The summed E-state index contributed by atoms with van der Waals surface area (Å²) < 4.78 is 21.5. The fraction of sp³-hybridized carbons (Fsp3) is 0.350. The van der Waals surface area contributed by atoms with Crippen molar-refractivity contribution in [2.75, 3.05) is 28.4 Å². The predicted molar refractivity (Wildman–Crippen MR) is 98.1 cm³/mol. The molecule has 0 fully saturated rings. The van der Waals surface area contributed by atoms with Gasteiger partial charge in [0.05, 0.1) is 34.0 Å². The van der Waals surface area contributed by atoms with Gasteiger partial charge in [0, 0.05) is 11.6 Å². The van der Waals surface area contributed by atoms with Crippen LogP contribution in [0.5, 0.6) is 17.2 Å². The average molecular weight is 357 g/mol. The number of carbonyl (C=O) groups excluding carboxylic acids is 1. The maximum atomic E-state index is 11.9. The number of esters is 1. The van der Waals surface area contributed by atoms with Crippen LogP contribution in [0.25, 0.3) is 11.1 Å². The standard InChI is InChI=1S/C20H23NO5/c1-23-16-10-11-6-8-15(21)14-9-12(20(22)26-4)5-7-13(14)17(11)19(25-3)18(16)24-2/h5,7,9-10,15H,6,8,21H2,1-4H3/t15-/m0/s1. The summed E-state index contributed by atoms with van der Waals surface area (Å²) in [5, 5.41) is 0. The molecule has 1 aliphatic carbocycles. The highest BCUT2D eigenvalue weighted by atomic mass is 16.5. The number of rotatable bonds is 4. The Balaban J connectivity index is 2.31. The number of methoxy groups -OCH3 is 4. The van der Waals surface area contributed by atoms with Gasteiger partial charge in [0.1, 0.15) is 0 Å². The molecule has 1 aliphatic rings. The van der Waals surface area contributed by atoms with Crippen molar-refractivity contribution in [2.24, 2.45) is 5.73 Å². The van der Waals surface area contributed by atoms with Gasteiger partial charge in [-0.05, 0) is 47.7 Å². The first-order chi connectivity index (χ1) is 12.5. The number of carbonyl (C=O) groups is 1. The molecule has 2 aromatic carbocycles. The minimum absolute atomic E-state index is 0.205. The van der Waals surface area contributed by atoms with Gasteiger partial charge >= 0.3 is 5.97 Å². The number of hydrogen-bond donors (Lipinski definition) is 1. The second-order valence-corrected chi connectivity index (χ2v) is 6.12. The second-order valence-electron chi connectivity index (χ2n) is 6.12. The minimum Gasteiger partial charge on any atom is -0.493 e. The van der Waals surface area contributed by atoms with E-state index in [4.69, 9.17) is 24.7 Å². The van der Waals surface area contributed by atoms with Crippen molar-refractivity contribution < 1.29 is 23.7 Å². The van der Waals surface area contributed by atoms with E-state index in [1.165, 1.54) is 7.11 Å². The molecule has 0 aliphatic heterocycles. The van der Waals surface area contributed by atoms with E-state index in [1.807, 2.05) is 12.1 Å². The molecule has 0 amide bonds. The zero-order valence-corrected chi connectivity index (χ0v) is 15.4. The third kappa shape index (κ3) is 2.86. The number of hydrogen-bond acceptors (Lipinski definition) is 6. The number of benzene rings is 2. The normalized spacial score (nSPS) is 15.3. The topological polar surface area (TPSA) is 80.0 Å². The lowest BCUT2D eigenvalue weighted by atomic mass is 9.92. The second kappa shape index (κ2) is 7.25. The third-order valence-electron chi connectivity index (χ3n) is 4.78. The molecular formula is C20H23NO5. The van der Waals surface area contributed by atoms with E-state index in [0.717, 1.165) is 35.1 Å². The SMILES string of the molecule is COC(=O)c1ccc2c(c1)[C@@H](N)CCc1cc(OC)c(OC)c(OC)c1-2. The Bertz CT molecular complexity index is 847. The van der Waals surface area contributed by atoms with Crippen LogP contribution in [0.4, 0.5) is 0 Å². The van der Waals surface area contributed by atoms with Crippen molar-refractivity contribution in [3.63, 3.8) is 0 Å². The summed E-state index contributed by atoms with van der Waals surface area (Å²) >= 11 is 0. The lowest BCUT2D eigenvalue weighted by molar-refractivity contribution is 0.0600. The Morgan fingerprint density at radius 3 is 2.38 bits per heavy atom. The zero-order chi connectivity index (χ0) is 18.8. The first kappa shape index (κ1) is 18.1. The van der Waals surface area contributed by atoms with Crippen molar-refractivity contribution in [1.29, 1.82) is 0 Å². The minimum atomic E-state index is -0.385. The third-order valence-corrected chi connectivity index (χ3v) is 4.78. The quantitative estimate of drug-likeness (QED) is 0.847. The van der Waals surface area contributed by atoms with E-state index in [-0.39, 0.29) is 12.0 Å². The molecular weight excluding hydrogens is 334 g/mol. The molecule has 1 atom stereocenters. The molecule has 6 heteroatoms. The van der Waals surface area contributed by atoms with Crippen molar-refractivity contribution in [1.82, 2.24) is 0 Å². The fourth-order valence-corrected chi connectivity index (χ4v) is 3.51. The molecule has 0 saturated heterocycles. The van der Waals surface area contributed by atoms with Gasteiger partial charge in [-0.15, -0.1) is 0 Å². The number of fused-ring (bicyclic) bond motifs is 3. The predicted octanol–water partition coefficient (Wildman–Crippen LogP) is 3.11. The van der Waals surface area contributed by atoms with Gasteiger partial charge in [-0.25, -0.2) is 4.79 Å². The van der Waals surface area contributed by atoms with Gasteiger partial charge in [0.2, 0.25) is 5.75 Å². The molecule has 2 N–H and O–H groups in total. The maximum absolute atomic E-state index is 11.9. The van der Waals surface area contributed by atoms with E-state index in [9.17, 15) is 4.79 Å². The van der Waals surface area contributed by atoms with Gasteiger partial charge in [0.15, 0.2) is 11.5 Å². The van der Waals surface area contributed by atoms with E-state index in [0.29, 0.717) is 22.8 Å². The van der Waals surface area contributed by atoms with Crippen molar-refractivity contribution >= 4 is 5.97 Å². The molecule has 0 radical (unpaired) electrons. The molecule has 6 nitrogen and oxygen atoms in total. The van der Waals surface area contributed by atoms with Gasteiger partial charge in [0.25, 0.3) is 0 Å². The highest BCUT2D eigenvalue weighted by molar-refractivity contribution is 5.92. The molecule has 2 aromatic rings. The summed E-state index contributed by atoms with van der Waals surface area (Å²) in [6.45, 7) is 0. The maximum Gasteiger partial charge on any atom is 0.337 e. The summed E-state index contributed by atoms with van der Waals surface area (Å²) in [7, 11) is 6.15. The molecule has 0 heterocycles. The van der Waals surface area contributed by atoms with Crippen LogP contribution < -0.4 is 19.9 Å². The summed E-state index contributed by atoms with van der Waals surface area (Å²) in [5.41, 5.74) is 10.7. The first-order valence-electron chi connectivity index (χ1n) is 8.35. The highest BCUT2D eigenvalue weighted by Crippen LogP contribution is 2.50. The van der Waals surface area contributed by atoms with Crippen molar-refractivity contribution in [2.45, 2.75) is 18.9 Å². The monoisotopic (exact) mass is 357 g/mol. The van der Waals surface area contributed by atoms with Crippen LogP contribution in [0, 0.1) is 0 Å². The summed E-state index contributed by atoms with van der Waals surface area (Å²) in [6, 6.07) is 7.19. The smallest absolute Gasteiger partial charge is 0.337 e. The first-order valence-corrected chi connectivity index (χ1v) is 8.35. The van der Waals surface area contributed by atoms with Crippen molar-refractivity contribution in [3.8, 4) is 28.4 Å². The molecule has 0 aromatic heterocycles. The number of ether oxygens (including phenoxy) is 4. The van der Waals surface area contributed by atoms with Gasteiger partial charge in [-0.1, -0.05) is 6.07 Å². The van der Waals surface area contributed by atoms with Crippen LogP contribution in [-0.4, -0.2) is 34.4 Å². The Morgan fingerprint density at radius 1 is 1.04 bits per heavy atom. The Labute approximate surface area is 152 Å². The van der Waals surface area contributed by atoms with Gasteiger partial charge in [-0.2, -0.15) is 0 Å². The van der Waals surface area contributed by atoms with E-state index in [1.54, 1.807) is 33.5 Å². The van der Waals surface area contributed by atoms with Crippen LogP contribution >= 0.6 is 0 Å². The summed E-state index contributed by atoms with van der Waals surface area (Å²) in [5.74, 6) is 1.37. The zero-order valence-electron chi connectivity index (χ0n) is 15.4. The van der Waals surface area contributed by atoms with Gasteiger partial charge < -0.3 is 24.7 Å². The van der Waals surface area contributed by atoms with E-state index < -0.39 is 0 Å². The van der Waals surface area contributed by atoms with Crippen LogP contribution in [0.3, 0.4) is 0 Å². The van der Waals surface area contributed by atoms with Crippen LogP contribution in [0.2, 0.25) is 0 Å². The van der Waals surface area contributed by atoms with E-state index >= 15 is 0 Å². The molecule has 26 heavy (non-hydrogen) atoms. The molecule has 0 spiro atoms. The Hall–Kier alpha value is -2.73. The fourth-order valence-electron chi connectivity index (χ4n) is 3.51. The number of aryl methyl sites for hydroxylation is 1. The highest BCUT2D eigenvalue weighted by Gasteiger charge is 2.28. The Morgan fingerprint density at radius 2 is 1.77 bits per heavy atom. The average Bonchev–Trinajstić information content (AvgIpc) is 2.82.